The van der Waals surface area contributed by atoms with Crippen LogP contribution < -0.4 is 16.2 Å². The van der Waals surface area contributed by atoms with Gasteiger partial charge in [0.2, 0.25) is 0 Å². The van der Waals surface area contributed by atoms with Gasteiger partial charge in [-0.25, -0.2) is 9.59 Å². The molecule has 1 fully saturated rings. The molecule has 2 N–H and O–H groups in total. The first-order valence-corrected chi connectivity index (χ1v) is 14.0. The van der Waals surface area contributed by atoms with Crippen LogP contribution in [0, 0.1) is 10.1 Å². The van der Waals surface area contributed by atoms with Crippen molar-refractivity contribution in [3.05, 3.63) is 97.4 Å². The molecule has 1 aromatic heterocycles. The van der Waals surface area contributed by atoms with Crippen molar-refractivity contribution >= 4 is 40.6 Å². The normalized spacial score (nSPS) is 13.1. The average molecular weight is 614 g/mol. The fraction of sp³-hybridized carbons (Fsp3) is 0.286. The molecular formula is C28H29Cl2N7O5. The first-order chi connectivity index (χ1) is 20.2. The summed E-state index contributed by atoms with van der Waals surface area (Å²) in [5.74, 6) is 0.860. The van der Waals surface area contributed by atoms with E-state index in [0.29, 0.717) is 23.0 Å². The second kappa shape index (κ2) is 14.0. The Morgan fingerprint density at radius 3 is 2.36 bits per heavy atom. The largest absolute Gasteiger partial charge is 0.456 e. The third kappa shape index (κ3) is 6.89. The van der Waals surface area contributed by atoms with Gasteiger partial charge in [-0.05, 0) is 60.5 Å². The Hall–Kier alpha value is -4.42. The predicted octanol–water partition coefficient (Wildman–Crippen LogP) is 6.33. The molecule has 0 saturated heterocycles. The number of nitrogens with two attached hydrogens (primary N) is 1. The second-order valence-electron chi connectivity index (χ2n) is 9.38. The van der Waals surface area contributed by atoms with Crippen LogP contribution in [0.5, 0.6) is 11.5 Å². The predicted molar refractivity (Wildman–Crippen MR) is 160 cm³/mol. The lowest BCUT2D eigenvalue weighted by atomic mass is 9.94. The molecule has 14 heteroatoms. The summed E-state index contributed by atoms with van der Waals surface area (Å²) in [5.41, 5.74) is 5.04. The SMILES string of the molecule is CCN(C(=O)n1nnn(-c2ccccc2Cl)c1=O)C1CCCCC1.Nc1c([N+](=O)[O-])ccc(Oc2ccccc2)c1Cl. The summed E-state index contributed by atoms with van der Waals surface area (Å²) in [6.07, 6.45) is 5.34. The molecule has 0 bridgehead atoms. The van der Waals surface area contributed by atoms with Crippen molar-refractivity contribution in [3.63, 3.8) is 0 Å². The lowest BCUT2D eigenvalue weighted by molar-refractivity contribution is -0.383. The van der Waals surface area contributed by atoms with E-state index in [-0.39, 0.29) is 28.2 Å². The number of nitro benzene ring substituents is 1. The Morgan fingerprint density at radius 2 is 1.71 bits per heavy atom. The van der Waals surface area contributed by atoms with Gasteiger partial charge < -0.3 is 15.4 Å². The maximum Gasteiger partial charge on any atom is 0.377 e. The highest BCUT2D eigenvalue weighted by Crippen LogP contribution is 2.38. The Balaban J connectivity index is 0.000000201. The monoisotopic (exact) mass is 613 g/mol. The number of benzene rings is 3. The quantitative estimate of drug-likeness (QED) is 0.115. The maximum atomic E-state index is 12.8. The van der Waals surface area contributed by atoms with Crippen molar-refractivity contribution < 1.29 is 14.5 Å². The average Bonchev–Trinajstić information content (AvgIpc) is 3.38. The molecule has 12 nitrogen and oxygen atoms in total. The Kier molecular flexibility index (Phi) is 10.2. The summed E-state index contributed by atoms with van der Waals surface area (Å²) >= 11 is 12.0. The van der Waals surface area contributed by atoms with E-state index in [9.17, 15) is 19.7 Å². The number of aromatic nitrogens is 4. The fourth-order valence-electron chi connectivity index (χ4n) is 4.62. The number of rotatable bonds is 6. The molecule has 42 heavy (non-hydrogen) atoms. The summed E-state index contributed by atoms with van der Waals surface area (Å²) in [7, 11) is 0. The van der Waals surface area contributed by atoms with Crippen LogP contribution in [0.2, 0.25) is 10.0 Å². The van der Waals surface area contributed by atoms with Gasteiger partial charge in [0.1, 0.15) is 22.2 Å². The van der Waals surface area contributed by atoms with E-state index >= 15 is 0 Å². The van der Waals surface area contributed by atoms with E-state index in [1.165, 1.54) is 18.6 Å². The first kappa shape index (κ1) is 30.5. The van der Waals surface area contributed by atoms with Crippen LogP contribution in [0.4, 0.5) is 16.2 Å². The van der Waals surface area contributed by atoms with Gasteiger partial charge in [0, 0.05) is 18.7 Å². The molecule has 3 aromatic carbocycles. The number of hydrogen-bond donors (Lipinski definition) is 1. The number of para-hydroxylation sites is 2. The van der Waals surface area contributed by atoms with Gasteiger partial charge in [0.15, 0.2) is 0 Å². The molecule has 0 radical (unpaired) electrons. The van der Waals surface area contributed by atoms with Crippen LogP contribution in [-0.4, -0.2) is 48.2 Å². The van der Waals surface area contributed by atoms with Crippen molar-refractivity contribution in [2.75, 3.05) is 12.3 Å². The maximum absolute atomic E-state index is 12.8. The standard InChI is InChI=1S/C16H20ClN5O2.C12H9ClN2O3/c1-2-20(12-8-4-3-5-9-12)15(23)22-16(24)21(18-19-22)14-11-7-6-10-13(14)17;13-11-10(18-8-4-2-1-3-5-8)7-6-9(12(11)14)15(16)17/h6-7,10-12H,2-5,8-9H2,1H3;1-7H,14H2. The van der Waals surface area contributed by atoms with E-state index in [1.807, 2.05) is 13.0 Å². The molecule has 220 valence electrons. The minimum atomic E-state index is -0.609. The molecule has 4 aromatic rings. The molecular weight excluding hydrogens is 585 g/mol. The van der Waals surface area contributed by atoms with Crippen LogP contribution in [0.25, 0.3) is 5.69 Å². The minimum Gasteiger partial charge on any atom is -0.456 e. The van der Waals surface area contributed by atoms with Crippen molar-refractivity contribution in [2.24, 2.45) is 0 Å². The molecule has 5 rings (SSSR count). The van der Waals surface area contributed by atoms with Gasteiger partial charge in [0.25, 0.3) is 5.69 Å². The number of nitrogens with zero attached hydrogens (tertiary/aromatic N) is 6. The van der Waals surface area contributed by atoms with Gasteiger partial charge in [-0.15, -0.1) is 4.68 Å². The third-order valence-corrected chi connectivity index (χ3v) is 7.44. The number of tetrazole rings is 1. The smallest absolute Gasteiger partial charge is 0.377 e. The Labute approximate surface area is 251 Å². The van der Waals surface area contributed by atoms with Gasteiger partial charge in [0.05, 0.1) is 15.6 Å². The summed E-state index contributed by atoms with van der Waals surface area (Å²) in [5, 5.41) is 18.7. The number of halogens is 2. The zero-order valence-electron chi connectivity index (χ0n) is 22.7. The van der Waals surface area contributed by atoms with Crippen molar-refractivity contribution in [1.29, 1.82) is 0 Å². The minimum absolute atomic E-state index is 0.0352. The number of ether oxygens (including phenoxy) is 1. The van der Waals surface area contributed by atoms with Crippen molar-refractivity contribution in [3.8, 4) is 17.2 Å². The lowest BCUT2D eigenvalue weighted by Gasteiger charge is -2.32. The number of carbonyl (C=O) groups excluding carboxylic acids is 1. The lowest BCUT2D eigenvalue weighted by Crippen LogP contribution is -2.46. The van der Waals surface area contributed by atoms with Crippen LogP contribution in [0.3, 0.4) is 0 Å². The van der Waals surface area contributed by atoms with E-state index < -0.39 is 16.6 Å². The third-order valence-electron chi connectivity index (χ3n) is 6.73. The highest BCUT2D eigenvalue weighted by Gasteiger charge is 2.28. The van der Waals surface area contributed by atoms with Crippen LogP contribution in [0.15, 0.2) is 71.5 Å². The molecule has 0 aliphatic heterocycles. The molecule has 1 aliphatic carbocycles. The molecule has 1 aliphatic rings. The zero-order valence-corrected chi connectivity index (χ0v) is 24.2. The number of hydrogen-bond acceptors (Lipinski definition) is 8. The fourth-order valence-corrected chi connectivity index (χ4v) is 5.04. The highest BCUT2D eigenvalue weighted by molar-refractivity contribution is 6.35. The Bertz CT molecular complexity index is 1600. The van der Waals surface area contributed by atoms with Gasteiger partial charge >= 0.3 is 11.7 Å². The number of carbonyl (C=O) groups is 1. The van der Waals surface area contributed by atoms with Gasteiger partial charge in [-0.2, -0.15) is 4.68 Å². The summed E-state index contributed by atoms with van der Waals surface area (Å²) in [6, 6.07) is 18.2. The van der Waals surface area contributed by atoms with Crippen LogP contribution in [-0.2, 0) is 0 Å². The molecule has 1 heterocycles. The highest BCUT2D eigenvalue weighted by atomic mass is 35.5. The molecule has 1 amide bonds. The van der Waals surface area contributed by atoms with E-state index in [0.717, 1.165) is 35.0 Å². The number of nitro groups is 1. The number of anilines is 1. The van der Waals surface area contributed by atoms with E-state index in [2.05, 4.69) is 10.4 Å². The van der Waals surface area contributed by atoms with Gasteiger partial charge in [-0.1, -0.05) is 72.8 Å². The number of nitrogen functional groups attached to an aromatic ring is 1. The van der Waals surface area contributed by atoms with Crippen molar-refractivity contribution in [2.45, 2.75) is 45.1 Å². The summed E-state index contributed by atoms with van der Waals surface area (Å²) < 4.78 is 7.36. The first-order valence-electron chi connectivity index (χ1n) is 13.3. The number of amides is 1. The Morgan fingerprint density at radius 1 is 1.05 bits per heavy atom. The van der Waals surface area contributed by atoms with E-state index in [4.69, 9.17) is 33.7 Å². The summed E-state index contributed by atoms with van der Waals surface area (Å²) in [6.45, 7) is 2.45. The second-order valence-corrected chi connectivity index (χ2v) is 10.2. The van der Waals surface area contributed by atoms with Crippen LogP contribution >= 0.6 is 23.2 Å². The summed E-state index contributed by atoms with van der Waals surface area (Å²) in [4.78, 5) is 37.1. The van der Waals surface area contributed by atoms with Gasteiger partial charge in [-0.3, -0.25) is 10.1 Å². The molecule has 1 saturated carbocycles. The van der Waals surface area contributed by atoms with Crippen LogP contribution in [0.1, 0.15) is 39.0 Å². The zero-order chi connectivity index (χ0) is 30.2. The van der Waals surface area contributed by atoms with Crippen molar-refractivity contribution in [1.82, 2.24) is 24.7 Å². The van der Waals surface area contributed by atoms with E-state index in [1.54, 1.807) is 53.4 Å². The molecule has 0 atom stereocenters. The molecule has 0 unspecified atom stereocenters. The molecule has 0 spiro atoms. The topological polar surface area (TPSA) is 151 Å².